The zero-order valence-electron chi connectivity index (χ0n) is 11.6. The SMILES string of the molecule is CC(C)c1ccc(Cc2ncc(C(F)(F)F)c(Cl)n2)cc1. The summed E-state index contributed by atoms with van der Waals surface area (Å²) in [7, 11) is 0. The standard InChI is InChI=1S/C15H14ClF3N2/c1-9(2)11-5-3-10(4-6-11)7-13-20-8-12(14(16)21-13)15(17,18)19/h3-6,8-9H,7H2,1-2H3. The second kappa shape index (κ2) is 6.02. The number of rotatable bonds is 3. The maximum absolute atomic E-state index is 12.6. The summed E-state index contributed by atoms with van der Waals surface area (Å²) < 4.78 is 37.7. The maximum Gasteiger partial charge on any atom is 0.420 e. The van der Waals surface area contributed by atoms with Gasteiger partial charge in [0.05, 0.1) is 0 Å². The van der Waals surface area contributed by atoms with Crippen molar-refractivity contribution in [2.75, 3.05) is 0 Å². The maximum atomic E-state index is 12.6. The van der Waals surface area contributed by atoms with Crippen molar-refractivity contribution in [3.63, 3.8) is 0 Å². The van der Waals surface area contributed by atoms with Gasteiger partial charge in [-0.05, 0) is 17.0 Å². The molecular formula is C15H14ClF3N2. The molecule has 0 spiro atoms. The van der Waals surface area contributed by atoms with Gasteiger partial charge in [0.25, 0.3) is 0 Å². The Hall–Kier alpha value is -1.62. The van der Waals surface area contributed by atoms with Crippen molar-refractivity contribution in [3.8, 4) is 0 Å². The van der Waals surface area contributed by atoms with E-state index in [1.807, 2.05) is 24.3 Å². The average Bonchev–Trinajstić information content (AvgIpc) is 2.37. The molecule has 1 heterocycles. The van der Waals surface area contributed by atoms with E-state index in [0.29, 0.717) is 12.3 Å². The molecule has 112 valence electrons. The van der Waals surface area contributed by atoms with E-state index in [2.05, 4.69) is 23.8 Å². The van der Waals surface area contributed by atoms with Gasteiger partial charge in [0.2, 0.25) is 0 Å². The minimum atomic E-state index is -4.53. The van der Waals surface area contributed by atoms with E-state index in [1.54, 1.807) is 0 Å². The second-order valence-electron chi connectivity index (χ2n) is 5.06. The lowest BCUT2D eigenvalue weighted by molar-refractivity contribution is -0.138. The molecule has 1 aromatic carbocycles. The van der Waals surface area contributed by atoms with Crippen molar-refractivity contribution in [1.29, 1.82) is 0 Å². The van der Waals surface area contributed by atoms with Crippen LogP contribution in [0.4, 0.5) is 13.2 Å². The molecule has 0 radical (unpaired) electrons. The minimum Gasteiger partial charge on any atom is -0.240 e. The summed E-state index contributed by atoms with van der Waals surface area (Å²) in [4.78, 5) is 7.47. The van der Waals surface area contributed by atoms with Crippen LogP contribution in [-0.4, -0.2) is 9.97 Å². The van der Waals surface area contributed by atoms with Crippen molar-refractivity contribution in [2.24, 2.45) is 0 Å². The Bertz CT molecular complexity index is 622. The van der Waals surface area contributed by atoms with Crippen LogP contribution in [0.2, 0.25) is 5.15 Å². The molecule has 6 heteroatoms. The number of nitrogens with zero attached hydrogens (tertiary/aromatic N) is 2. The lowest BCUT2D eigenvalue weighted by Crippen LogP contribution is -2.09. The highest BCUT2D eigenvalue weighted by Crippen LogP contribution is 2.33. The summed E-state index contributed by atoms with van der Waals surface area (Å²) in [5.41, 5.74) is 1.11. The lowest BCUT2D eigenvalue weighted by Gasteiger charge is -2.09. The summed E-state index contributed by atoms with van der Waals surface area (Å²) in [6, 6.07) is 7.83. The van der Waals surface area contributed by atoms with Crippen LogP contribution >= 0.6 is 11.6 Å². The van der Waals surface area contributed by atoms with Crippen LogP contribution in [0.1, 0.15) is 42.3 Å². The van der Waals surface area contributed by atoms with E-state index in [4.69, 9.17) is 11.6 Å². The lowest BCUT2D eigenvalue weighted by atomic mass is 10.0. The molecule has 0 bridgehead atoms. The summed E-state index contributed by atoms with van der Waals surface area (Å²) in [6.45, 7) is 4.18. The molecule has 0 fully saturated rings. The number of aromatic nitrogens is 2. The third-order valence-electron chi connectivity index (χ3n) is 3.11. The van der Waals surface area contributed by atoms with Crippen LogP contribution in [0.15, 0.2) is 30.5 Å². The number of hydrogen-bond donors (Lipinski definition) is 0. The summed E-state index contributed by atoms with van der Waals surface area (Å²) in [5, 5.41) is -0.564. The van der Waals surface area contributed by atoms with Crippen LogP contribution in [0, 0.1) is 0 Å². The largest absolute Gasteiger partial charge is 0.420 e. The predicted octanol–water partition coefficient (Wildman–Crippen LogP) is 4.86. The van der Waals surface area contributed by atoms with Crippen molar-refractivity contribution in [3.05, 3.63) is 58.1 Å². The third-order valence-corrected chi connectivity index (χ3v) is 3.39. The molecular weight excluding hydrogens is 301 g/mol. The average molecular weight is 315 g/mol. The predicted molar refractivity (Wildman–Crippen MR) is 75.4 cm³/mol. The summed E-state index contributed by atoms with van der Waals surface area (Å²) in [6.07, 6.45) is -3.46. The number of hydrogen-bond acceptors (Lipinski definition) is 2. The highest BCUT2D eigenvalue weighted by molar-refractivity contribution is 6.30. The highest BCUT2D eigenvalue weighted by Gasteiger charge is 2.34. The van der Waals surface area contributed by atoms with Gasteiger partial charge in [0.15, 0.2) is 0 Å². The van der Waals surface area contributed by atoms with Gasteiger partial charge in [-0.2, -0.15) is 13.2 Å². The summed E-state index contributed by atoms with van der Waals surface area (Å²) in [5.74, 6) is 0.695. The van der Waals surface area contributed by atoms with Gasteiger partial charge in [-0.3, -0.25) is 0 Å². The van der Waals surface area contributed by atoms with Gasteiger partial charge in [-0.15, -0.1) is 0 Å². The molecule has 1 aromatic heterocycles. The van der Waals surface area contributed by atoms with Gasteiger partial charge < -0.3 is 0 Å². The monoisotopic (exact) mass is 314 g/mol. The minimum absolute atomic E-state index is 0.269. The van der Waals surface area contributed by atoms with Crippen LogP contribution in [-0.2, 0) is 12.6 Å². The first kappa shape index (κ1) is 15.8. The van der Waals surface area contributed by atoms with E-state index >= 15 is 0 Å². The summed E-state index contributed by atoms with van der Waals surface area (Å²) >= 11 is 5.58. The van der Waals surface area contributed by atoms with Gasteiger partial charge in [0.1, 0.15) is 16.5 Å². The molecule has 0 aliphatic rings. The molecule has 0 amide bonds. The van der Waals surface area contributed by atoms with Gasteiger partial charge >= 0.3 is 6.18 Å². The number of alkyl halides is 3. The van der Waals surface area contributed by atoms with Crippen LogP contribution in [0.3, 0.4) is 0 Å². The first-order chi connectivity index (χ1) is 9.77. The zero-order chi connectivity index (χ0) is 15.6. The number of benzene rings is 1. The normalized spacial score (nSPS) is 12.0. The van der Waals surface area contributed by atoms with Crippen molar-refractivity contribution in [1.82, 2.24) is 9.97 Å². The second-order valence-corrected chi connectivity index (χ2v) is 5.42. The van der Waals surface area contributed by atoms with E-state index < -0.39 is 16.9 Å². The molecule has 0 atom stereocenters. The van der Waals surface area contributed by atoms with Crippen LogP contribution in [0.5, 0.6) is 0 Å². The fourth-order valence-electron chi connectivity index (χ4n) is 1.87. The Morgan fingerprint density at radius 2 is 1.76 bits per heavy atom. The van der Waals surface area contributed by atoms with Crippen molar-refractivity contribution in [2.45, 2.75) is 32.4 Å². The molecule has 0 saturated heterocycles. The topological polar surface area (TPSA) is 25.8 Å². The van der Waals surface area contributed by atoms with E-state index in [1.165, 1.54) is 5.56 Å². The van der Waals surface area contributed by atoms with E-state index in [-0.39, 0.29) is 5.82 Å². The molecule has 2 rings (SSSR count). The Kier molecular flexibility index (Phi) is 4.52. The van der Waals surface area contributed by atoms with E-state index in [0.717, 1.165) is 11.8 Å². The smallest absolute Gasteiger partial charge is 0.240 e. The molecule has 0 aliphatic carbocycles. The van der Waals surface area contributed by atoms with Crippen molar-refractivity contribution < 1.29 is 13.2 Å². The Morgan fingerprint density at radius 3 is 2.24 bits per heavy atom. The van der Waals surface area contributed by atoms with Gasteiger partial charge in [0, 0.05) is 12.6 Å². The van der Waals surface area contributed by atoms with E-state index in [9.17, 15) is 13.2 Å². The zero-order valence-corrected chi connectivity index (χ0v) is 12.3. The molecule has 0 N–H and O–H groups in total. The van der Waals surface area contributed by atoms with Gasteiger partial charge in [-0.25, -0.2) is 9.97 Å². The highest BCUT2D eigenvalue weighted by atomic mass is 35.5. The first-order valence-corrected chi connectivity index (χ1v) is 6.82. The fraction of sp³-hybridized carbons (Fsp3) is 0.333. The fourth-order valence-corrected chi connectivity index (χ4v) is 2.13. The Balaban J connectivity index is 2.18. The number of halogens is 4. The Morgan fingerprint density at radius 1 is 1.14 bits per heavy atom. The van der Waals surface area contributed by atoms with Crippen molar-refractivity contribution >= 4 is 11.6 Å². The molecule has 0 saturated carbocycles. The molecule has 2 aromatic rings. The quantitative estimate of drug-likeness (QED) is 0.756. The Labute approximate surface area is 126 Å². The van der Waals surface area contributed by atoms with Crippen LogP contribution in [0.25, 0.3) is 0 Å². The van der Waals surface area contributed by atoms with Crippen LogP contribution < -0.4 is 0 Å². The molecule has 21 heavy (non-hydrogen) atoms. The molecule has 0 aliphatic heterocycles. The van der Waals surface area contributed by atoms with Gasteiger partial charge in [-0.1, -0.05) is 49.7 Å². The molecule has 2 nitrogen and oxygen atoms in total. The first-order valence-electron chi connectivity index (χ1n) is 6.45. The molecule has 0 unspecified atom stereocenters. The third kappa shape index (κ3) is 3.94.